The second-order valence-corrected chi connectivity index (χ2v) is 7.51. The number of nitrogens with one attached hydrogen (secondary N) is 1. The fraction of sp³-hybridized carbons (Fsp3) is 0.350. The molecule has 4 nitrogen and oxygen atoms in total. The van der Waals surface area contributed by atoms with E-state index < -0.39 is 0 Å². The molecule has 7 heteroatoms. The van der Waals surface area contributed by atoms with Gasteiger partial charge < -0.3 is 10.2 Å². The van der Waals surface area contributed by atoms with Crippen LogP contribution in [0.1, 0.15) is 18.5 Å². The van der Waals surface area contributed by atoms with Crippen molar-refractivity contribution < 1.29 is 9.18 Å². The number of hydrogen-bond donors (Lipinski definition) is 1. The third-order valence-corrected chi connectivity index (χ3v) is 5.30. The number of anilines is 1. The van der Waals surface area contributed by atoms with Crippen LogP contribution in [0.2, 0.25) is 10.0 Å². The topological polar surface area (TPSA) is 35.6 Å². The van der Waals surface area contributed by atoms with E-state index in [-0.39, 0.29) is 17.8 Å². The molecule has 0 saturated carbocycles. The van der Waals surface area contributed by atoms with Gasteiger partial charge in [-0.15, -0.1) is 0 Å². The standard InChI is InChI=1S/C20H22Cl2FN3O/c1-14(16-7-6-15(21)12-17(16)22)24-20(27)13-25-8-10-26(11-9-25)19-5-3-2-4-18(19)23/h2-7,12,14H,8-11,13H2,1H3,(H,24,27). The van der Waals surface area contributed by atoms with Gasteiger partial charge in [0.05, 0.1) is 18.3 Å². The van der Waals surface area contributed by atoms with Crippen molar-refractivity contribution in [1.82, 2.24) is 10.2 Å². The van der Waals surface area contributed by atoms with Gasteiger partial charge in [-0.1, -0.05) is 41.4 Å². The first-order valence-electron chi connectivity index (χ1n) is 8.90. The molecule has 0 radical (unpaired) electrons. The normalized spacial score (nSPS) is 16.2. The number of hydrogen-bond acceptors (Lipinski definition) is 3. The Balaban J connectivity index is 1.50. The lowest BCUT2D eigenvalue weighted by Crippen LogP contribution is -2.49. The average Bonchev–Trinajstić information content (AvgIpc) is 2.62. The minimum absolute atomic E-state index is 0.0622. The number of benzene rings is 2. The lowest BCUT2D eigenvalue weighted by molar-refractivity contribution is -0.123. The molecule has 1 N–H and O–H groups in total. The summed E-state index contributed by atoms with van der Waals surface area (Å²) >= 11 is 12.1. The minimum Gasteiger partial charge on any atom is -0.367 e. The fourth-order valence-electron chi connectivity index (χ4n) is 3.28. The van der Waals surface area contributed by atoms with Crippen molar-refractivity contribution in [1.29, 1.82) is 0 Å². The third-order valence-electron chi connectivity index (χ3n) is 4.74. The summed E-state index contributed by atoms with van der Waals surface area (Å²) in [5.41, 5.74) is 1.45. The summed E-state index contributed by atoms with van der Waals surface area (Å²) in [6.07, 6.45) is 0. The second kappa shape index (κ2) is 8.91. The smallest absolute Gasteiger partial charge is 0.234 e. The van der Waals surface area contributed by atoms with Gasteiger partial charge in [0.25, 0.3) is 0 Å². The summed E-state index contributed by atoms with van der Waals surface area (Å²) in [4.78, 5) is 16.5. The van der Waals surface area contributed by atoms with Crippen LogP contribution in [0.25, 0.3) is 0 Å². The molecular formula is C20H22Cl2FN3O. The van der Waals surface area contributed by atoms with Crippen LogP contribution in [0.3, 0.4) is 0 Å². The van der Waals surface area contributed by atoms with Crippen molar-refractivity contribution in [2.45, 2.75) is 13.0 Å². The van der Waals surface area contributed by atoms with E-state index in [4.69, 9.17) is 23.2 Å². The highest BCUT2D eigenvalue weighted by atomic mass is 35.5. The summed E-state index contributed by atoms with van der Waals surface area (Å²) < 4.78 is 13.9. The number of carbonyl (C=O) groups is 1. The van der Waals surface area contributed by atoms with Crippen LogP contribution >= 0.6 is 23.2 Å². The van der Waals surface area contributed by atoms with Crippen LogP contribution < -0.4 is 10.2 Å². The summed E-state index contributed by atoms with van der Waals surface area (Å²) in [6, 6.07) is 11.8. The molecule has 1 amide bonds. The van der Waals surface area contributed by atoms with E-state index in [0.717, 1.165) is 5.56 Å². The van der Waals surface area contributed by atoms with Crippen molar-refractivity contribution in [2.24, 2.45) is 0 Å². The Hall–Kier alpha value is -1.82. The predicted octanol–water partition coefficient (Wildman–Crippen LogP) is 4.13. The number of rotatable bonds is 5. The number of nitrogens with zero attached hydrogens (tertiary/aromatic N) is 2. The maximum Gasteiger partial charge on any atom is 0.234 e. The van der Waals surface area contributed by atoms with Crippen molar-refractivity contribution in [3.8, 4) is 0 Å². The molecule has 1 aliphatic heterocycles. The molecule has 144 valence electrons. The minimum atomic E-state index is -0.211. The highest BCUT2D eigenvalue weighted by Crippen LogP contribution is 2.26. The van der Waals surface area contributed by atoms with Gasteiger partial charge in [0.2, 0.25) is 5.91 Å². The Morgan fingerprint density at radius 1 is 1.15 bits per heavy atom. The zero-order valence-corrected chi connectivity index (χ0v) is 16.6. The molecular weight excluding hydrogens is 388 g/mol. The van der Waals surface area contributed by atoms with E-state index in [0.29, 0.717) is 48.5 Å². The van der Waals surface area contributed by atoms with Gasteiger partial charge in [-0.3, -0.25) is 9.69 Å². The first-order chi connectivity index (χ1) is 12.9. The van der Waals surface area contributed by atoms with Crippen LogP contribution in [0, 0.1) is 5.82 Å². The number of carbonyl (C=O) groups excluding carboxylic acids is 1. The molecule has 0 bridgehead atoms. The molecule has 1 fully saturated rings. The number of halogens is 3. The highest BCUT2D eigenvalue weighted by Gasteiger charge is 2.21. The monoisotopic (exact) mass is 409 g/mol. The lowest BCUT2D eigenvalue weighted by Gasteiger charge is -2.36. The summed E-state index contributed by atoms with van der Waals surface area (Å²) in [7, 11) is 0. The first kappa shape index (κ1) is 19.9. The average molecular weight is 410 g/mol. The molecule has 27 heavy (non-hydrogen) atoms. The van der Waals surface area contributed by atoms with Crippen molar-refractivity contribution >= 4 is 34.8 Å². The lowest BCUT2D eigenvalue weighted by atomic mass is 10.1. The number of piperazine rings is 1. The third kappa shape index (κ3) is 5.12. The Labute approximate surface area is 168 Å². The van der Waals surface area contributed by atoms with E-state index >= 15 is 0 Å². The van der Waals surface area contributed by atoms with Gasteiger partial charge in [-0.2, -0.15) is 0 Å². The van der Waals surface area contributed by atoms with Crippen LogP contribution in [-0.2, 0) is 4.79 Å². The molecule has 1 atom stereocenters. The predicted molar refractivity (Wildman–Crippen MR) is 108 cm³/mol. The molecule has 1 saturated heterocycles. The molecule has 1 aliphatic rings. The Kier molecular flexibility index (Phi) is 6.58. The van der Waals surface area contributed by atoms with Crippen molar-refractivity contribution in [3.05, 3.63) is 63.9 Å². The molecule has 1 heterocycles. The van der Waals surface area contributed by atoms with Crippen molar-refractivity contribution in [3.63, 3.8) is 0 Å². The molecule has 1 unspecified atom stereocenters. The van der Waals surface area contributed by atoms with E-state index in [9.17, 15) is 9.18 Å². The van der Waals surface area contributed by atoms with Crippen LogP contribution in [0.5, 0.6) is 0 Å². The molecule has 2 aromatic carbocycles. The largest absolute Gasteiger partial charge is 0.367 e. The number of para-hydroxylation sites is 1. The SMILES string of the molecule is CC(NC(=O)CN1CCN(c2ccccc2F)CC1)c1ccc(Cl)cc1Cl. The Morgan fingerprint density at radius 3 is 2.52 bits per heavy atom. The summed E-state index contributed by atoms with van der Waals surface area (Å²) in [5, 5.41) is 4.07. The first-order valence-corrected chi connectivity index (χ1v) is 9.66. The zero-order chi connectivity index (χ0) is 19.4. The van der Waals surface area contributed by atoms with Crippen LogP contribution in [0.4, 0.5) is 10.1 Å². The van der Waals surface area contributed by atoms with E-state index in [1.165, 1.54) is 6.07 Å². The van der Waals surface area contributed by atoms with Gasteiger partial charge in [0.15, 0.2) is 0 Å². The van der Waals surface area contributed by atoms with E-state index in [1.807, 2.05) is 24.0 Å². The molecule has 0 spiro atoms. The van der Waals surface area contributed by atoms with Gasteiger partial charge in [-0.25, -0.2) is 4.39 Å². The van der Waals surface area contributed by atoms with E-state index in [1.54, 1.807) is 24.3 Å². The molecule has 0 aliphatic carbocycles. The summed E-state index contributed by atoms with van der Waals surface area (Å²) in [5.74, 6) is -0.273. The Morgan fingerprint density at radius 2 is 1.85 bits per heavy atom. The fourth-order valence-corrected chi connectivity index (χ4v) is 3.85. The number of amides is 1. The second-order valence-electron chi connectivity index (χ2n) is 6.67. The van der Waals surface area contributed by atoms with Gasteiger partial charge in [0, 0.05) is 36.2 Å². The van der Waals surface area contributed by atoms with Crippen LogP contribution in [0.15, 0.2) is 42.5 Å². The molecule has 3 rings (SSSR count). The molecule has 2 aromatic rings. The highest BCUT2D eigenvalue weighted by molar-refractivity contribution is 6.35. The van der Waals surface area contributed by atoms with E-state index in [2.05, 4.69) is 10.2 Å². The zero-order valence-electron chi connectivity index (χ0n) is 15.1. The van der Waals surface area contributed by atoms with Gasteiger partial charge in [-0.05, 0) is 36.8 Å². The maximum absolute atomic E-state index is 13.9. The maximum atomic E-state index is 13.9. The quantitative estimate of drug-likeness (QED) is 0.805. The van der Waals surface area contributed by atoms with Crippen LogP contribution in [-0.4, -0.2) is 43.5 Å². The molecule has 0 aromatic heterocycles. The van der Waals surface area contributed by atoms with Gasteiger partial charge >= 0.3 is 0 Å². The van der Waals surface area contributed by atoms with Crippen molar-refractivity contribution in [2.75, 3.05) is 37.6 Å². The van der Waals surface area contributed by atoms with Gasteiger partial charge in [0.1, 0.15) is 5.82 Å². The summed E-state index contributed by atoms with van der Waals surface area (Å²) in [6.45, 7) is 4.99. The Bertz CT molecular complexity index is 810.